The number of carbonyl (C=O) groups excluding carboxylic acids is 1. The van der Waals surface area contributed by atoms with Crippen molar-refractivity contribution in [1.29, 1.82) is 0 Å². The molecule has 1 amide bonds. The van der Waals surface area contributed by atoms with E-state index < -0.39 is 10.8 Å². The molecule has 2 heterocycles. The maximum absolute atomic E-state index is 13.0. The Morgan fingerprint density at radius 3 is 2.61 bits per heavy atom. The van der Waals surface area contributed by atoms with E-state index in [9.17, 15) is 19.3 Å². The van der Waals surface area contributed by atoms with Crippen molar-refractivity contribution >= 4 is 45.6 Å². The Morgan fingerprint density at radius 2 is 1.85 bits per heavy atom. The summed E-state index contributed by atoms with van der Waals surface area (Å²) >= 11 is 7.31. The molecule has 0 bridgehead atoms. The van der Waals surface area contributed by atoms with Gasteiger partial charge in [-0.15, -0.1) is 10.2 Å². The molecular formula is C22H14ClFN4O4S. The molecule has 0 fully saturated rings. The molecule has 0 unspecified atom stereocenters. The largest absolute Gasteiger partial charge is 0.456 e. The van der Waals surface area contributed by atoms with Crippen molar-refractivity contribution in [3.8, 4) is 11.3 Å². The lowest BCUT2D eigenvalue weighted by Crippen LogP contribution is -2.22. The van der Waals surface area contributed by atoms with Crippen LogP contribution in [0.2, 0.25) is 0 Å². The number of hydrogen-bond acceptors (Lipinski definition) is 7. The van der Waals surface area contributed by atoms with Crippen molar-refractivity contribution in [2.45, 2.75) is 6.54 Å². The lowest BCUT2D eigenvalue weighted by Gasteiger charge is -2.02. The predicted molar refractivity (Wildman–Crippen MR) is 122 cm³/mol. The number of carbonyl (C=O) groups is 1. The molecule has 4 rings (SSSR count). The Kier molecular flexibility index (Phi) is 6.57. The summed E-state index contributed by atoms with van der Waals surface area (Å²) in [5.41, 5.74) is 1.00. The van der Waals surface area contributed by atoms with Crippen LogP contribution in [-0.2, 0) is 6.54 Å². The Morgan fingerprint density at radius 1 is 1.12 bits per heavy atom. The van der Waals surface area contributed by atoms with Crippen LogP contribution in [-0.4, -0.2) is 21.0 Å². The van der Waals surface area contributed by atoms with Gasteiger partial charge in [-0.2, -0.15) is 0 Å². The van der Waals surface area contributed by atoms with Crippen molar-refractivity contribution in [2.24, 2.45) is 0 Å². The number of benzene rings is 2. The Labute approximate surface area is 195 Å². The highest BCUT2D eigenvalue weighted by Crippen LogP contribution is 2.32. The van der Waals surface area contributed by atoms with Crippen molar-refractivity contribution in [3.63, 3.8) is 0 Å². The highest BCUT2D eigenvalue weighted by molar-refractivity contribution is 7.15. The van der Waals surface area contributed by atoms with E-state index in [4.69, 9.17) is 16.0 Å². The van der Waals surface area contributed by atoms with Crippen LogP contribution in [0.25, 0.3) is 22.4 Å². The first-order valence-corrected chi connectivity index (χ1v) is 10.7. The molecule has 166 valence electrons. The van der Waals surface area contributed by atoms with E-state index in [1.165, 1.54) is 24.3 Å². The highest BCUT2D eigenvalue weighted by Gasteiger charge is 2.18. The second-order valence-electron chi connectivity index (χ2n) is 6.69. The van der Waals surface area contributed by atoms with Crippen LogP contribution >= 0.6 is 22.9 Å². The molecular weight excluding hydrogens is 471 g/mol. The van der Waals surface area contributed by atoms with Crippen molar-refractivity contribution in [2.75, 3.05) is 0 Å². The standard InChI is InChI=1S/C22H14ClFN4O4S/c23-17(11-15-9-10-19(32-15)16-3-1-2-4-18(16)28(30)31)21-26-27-22(33-21)20(29)25-12-13-5-7-14(24)8-6-13/h1-11H,12H2,(H,25,29)/b17-11-. The summed E-state index contributed by atoms with van der Waals surface area (Å²) in [7, 11) is 0. The zero-order valence-corrected chi connectivity index (χ0v) is 18.3. The van der Waals surface area contributed by atoms with E-state index in [0.717, 1.165) is 16.9 Å². The number of nitro benzene ring substituents is 1. The van der Waals surface area contributed by atoms with E-state index in [-0.39, 0.29) is 28.1 Å². The highest BCUT2D eigenvalue weighted by atomic mass is 35.5. The van der Waals surface area contributed by atoms with Crippen LogP contribution in [0.1, 0.15) is 26.1 Å². The second-order valence-corrected chi connectivity index (χ2v) is 8.07. The molecule has 0 aliphatic rings. The number of furan rings is 1. The number of rotatable bonds is 7. The third kappa shape index (κ3) is 5.30. The molecule has 0 aliphatic carbocycles. The molecule has 4 aromatic rings. The summed E-state index contributed by atoms with van der Waals surface area (Å²) in [6.07, 6.45) is 1.49. The van der Waals surface area contributed by atoms with Gasteiger partial charge in [0.1, 0.15) is 17.3 Å². The molecule has 0 aliphatic heterocycles. The molecule has 0 spiro atoms. The number of amides is 1. The summed E-state index contributed by atoms with van der Waals surface area (Å²) in [5.74, 6) is -0.128. The second kappa shape index (κ2) is 9.72. The minimum atomic E-state index is -0.482. The van der Waals surface area contributed by atoms with Gasteiger partial charge in [0.15, 0.2) is 5.01 Å². The Hall–Kier alpha value is -3.89. The van der Waals surface area contributed by atoms with Gasteiger partial charge < -0.3 is 9.73 Å². The smallest absolute Gasteiger partial charge is 0.282 e. The van der Waals surface area contributed by atoms with E-state index >= 15 is 0 Å². The predicted octanol–water partition coefficient (Wildman–Crippen LogP) is 5.51. The minimum absolute atomic E-state index is 0.0751. The molecule has 11 heteroatoms. The summed E-state index contributed by atoms with van der Waals surface area (Å²) in [5, 5.41) is 22.3. The van der Waals surface area contributed by atoms with Gasteiger partial charge in [0.25, 0.3) is 11.6 Å². The van der Waals surface area contributed by atoms with E-state index in [0.29, 0.717) is 22.1 Å². The summed E-state index contributed by atoms with van der Waals surface area (Å²) in [6.45, 7) is 0.207. The third-order valence-corrected chi connectivity index (χ3v) is 5.81. The van der Waals surface area contributed by atoms with Gasteiger partial charge >= 0.3 is 0 Å². The van der Waals surface area contributed by atoms with Crippen molar-refractivity contribution in [1.82, 2.24) is 15.5 Å². The number of hydrogen-bond donors (Lipinski definition) is 1. The van der Waals surface area contributed by atoms with E-state index in [1.54, 1.807) is 42.5 Å². The molecule has 0 saturated carbocycles. The fourth-order valence-corrected chi connectivity index (χ4v) is 3.80. The molecule has 2 aromatic heterocycles. The third-order valence-electron chi connectivity index (χ3n) is 4.45. The fraction of sp³-hybridized carbons (Fsp3) is 0.0455. The van der Waals surface area contributed by atoms with Crippen LogP contribution in [0.5, 0.6) is 0 Å². The number of para-hydroxylation sites is 1. The number of nitrogens with one attached hydrogen (secondary N) is 1. The monoisotopic (exact) mass is 484 g/mol. The van der Waals surface area contributed by atoms with Gasteiger partial charge in [0, 0.05) is 18.7 Å². The summed E-state index contributed by atoms with van der Waals surface area (Å²) in [6, 6.07) is 15.2. The number of nitrogens with zero attached hydrogens (tertiary/aromatic N) is 3. The average molecular weight is 485 g/mol. The average Bonchev–Trinajstić information content (AvgIpc) is 3.49. The molecule has 0 saturated heterocycles. The molecule has 0 radical (unpaired) electrons. The maximum atomic E-state index is 13.0. The van der Waals surface area contributed by atoms with Crippen LogP contribution in [0.4, 0.5) is 10.1 Å². The Balaban J connectivity index is 1.46. The van der Waals surface area contributed by atoms with Gasteiger partial charge in [0.05, 0.1) is 15.5 Å². The molecule has 1 N–H and O–H groups in total. The SMILES string of the molecule is O=C(NCc1ccc(F)cc1)c1nnc(/C(Cl)=C/c2ccc(-c3ccccc3[N+](=O)[O-])o2)s1. The summed E-state index contributed by atoms with van der Waals surface area (Å²) < 4.78 is 18.7. The number of aromatic nitrogens is 2. The van der Waals surface area contributed by atoms with Crippen LogP contribution in [0.15, 0.2) is 65.1 Å². The first kappa shape index (κ1) is 22.3. The lowest BCUT2D eigenvalue weighted by atomic mass is 10.1. The molecule has 0 atom stereocenters. The molecule has 8 nitrogen and oxygen atoms in total. The summed E-state index contributed by atoms with van der Waals surface area (Å²) in [4.78, 5) is 23.1. The lowest BCUT2D eigenvalue weighted by molar-refractivity contribution is -0.384. The molecule has 33 heavy (non-hydrogen) atoms. The zero-order valence-electron chi connectivity index (χ0n) is 16.7. The van der Waals surface area contributed by atoms with Gasteiger partial charge in [-0.05, 0) is 35.9 Å². The van der Waals surface area contributed by atoms with Crippen LogP contribution in [0.3, 0.4) is 0 Å². The first-order valence-electron chi connectivity index (χ1n) is 9.48. The molecule has 2 aromatic carbocycles. The first-order chi connectivity index (χ1) is 15.9. The quantitative estimate of drug-likeness (QED) is 0.273. The number of halogens is 2. The van der Waals surface area contributed by atoms with E-state index in [1.807, 2.05) is 0 Å². The van der Waals surface area contributed by atoms with E-state index in [2.05, 4.69) is 15.5 Å². The Bertz CT molecular complexity index is 1350. The minimum Gasteiger partial charge on any atom is -0.456 e. The van der Waals surface area contributed by atoms with Crippen molar-refractivity contribution in [3.05, 3.63) is 97.9 Å². The fourth-order valence-electron chi connectivity index (χ4n) is 2.87. The normalized spacial score (nSPS) is 11.4. The van der Waals surface area contributed by atoms with Crippen molar-refractivity contribution < 1.29 is 18.5 Å². The van der Waals surface area contributed by atoms with Gasteiger partial charge in [-0.1, -0.05) is 47.2 Å². The number of nitro groups is 1. The van der Waals surface area contributed by atoms with Gasteiger partial charge in [-0.3, -0.25) is 14.9 Å². The van der Waals surface area contributed by atoms with Gasteiger partial charge in [-0.25, -0.2) is 4.39 Å². The van der Waals surface area contributed by atoms with Crippen LogP contribution < -0.4 is 5.32 Å². The van der Waals surface area contributed by atoms with Gasteiger partial charge in [0.2, 0.25) is 5.01 Å². The van der Waals surface area contributed by atoms with Crippen LogP contribution in [0, 0.1) is 15.9 Å². The maximum Gasteiger partial charge on any atom is 0.282 e. The topological polar surface area (TPSA) is 111 Å². The zero-order chi connectivity index (χ0) is 23.4.